The molecule has 5 nitrogen and oxygen atoms in total. The Morgan fingerprint density at radius 1 is 1.06 bits per heavy atom. The summed E-state index contributed by atoms with van der Waals surface area (Å²) in [6, 6.07) is 7.36. The molecular formula is C25H33F3N4O. The number of nitrogens with zero attached hydrogens (tertiary/aromatic N) is 3. The average Bonchev–Trinajstić information content (AvgIpc) is 3.25. The number of anilines is 1. The first kappa shape index (κ1) is 26.4. The Morgan fingerprint density at radius 2 is 1.73 bits per heavy atom. The molecule has 1 aliphatic rings. The summed E-state index contributed by atoms with van der Waals surface area (Å²) in [5, 5.41) is 8.24. The van der Waals surface area contributed by atoms with Crippen molar-refractivity contribution in [1.29, 1.82) is 0 Å². The van der Waals surface area contributed by atoms with Crippen LogP contribution in [0.15, 0.2) is 36.5 Å². The molecule has 1 fully saturated rings. The van der Waals surface area contributed by atoms with Crippen molar-refractivity contribution >= 4 is 22.5 Å². The molecule has 0 atom stereocenters. The number of halogens is 3. The number of carbonyl (C=O) groups excluding carboxylic acids is 1. The van der Waals surface area contributed by atoms with Gasteiger partial charge in [0.2, 0.25) is 0 Å². The molecule has 8 heteroatoms. The van der Waals surface area contributed by atoms with E-state index in [4.69, 9.17) is 0 Å². The third-order valence-corrected chi connectivity index (χ3v) is 5.34. The third kappa shape index (κ3) is 6.55. The van der Waals surface area contributed by atoms with Gasteiger partial charge >= 0.3 is 6.18 Å². The highest BCUT2D eigenvalue weighted by molar-refractivity contribution is 6.04. The van der Waals surface area contributed by atoms with E-state index in [-0.39, 0.29) is 5.69 Å². The van der Waals surface area contributed by atoms with Crippen LogP contribution in [-0.2, 0) is 6.18 Å². The van der Waals surface area contributed by atoms with Gasteiger partial charge in [0.05, 0.1) is 11.6 Å². The molecule has 1 amide bonds. The van der Waals surface area contributed by atoms with E-state index in [1.807, 2.05) is 57.6 Å². The van der Waals surface area contributed by atoms with Gasteiger partial charge in [0.15, 0.2) is 0 Å². The summed E-state index contributed by atoms with van der Waals surface area (Å²) in [4.78, 5) is 15.9. The number of rotatable bonds is 3. The number of benzene rings is 1. The molecule has 33 heavy (non-hydrogen) atoms. The van der Waals surface area contributed by atoms with Crippen molar-refractivity contribution in [2.45, 2.75) is 78.9 Å². The van der Waals surface area contributed by atoms with E-state index in [2.05, 4.69) is 15.4 Å². The predicted molar refractivity (Wildman–Crippen MR) is 126 cm³/mol. The van der Waals surface area contributed by atoms with E-state index >= 15 is 0 Å². The minimum absolute atomic E-state index is 0.280. The fraction of sp³-hybridized carbons (Fsp3) is 0.480. The minimum atomic E-state index is -4.60. The molecule has 3 aromatic rings. The van der Waals surface area contributed by atoms with Crippen molar-refractivity contribution in [3.05, 3.63) is 53.5 Å². The number of hydrogen-bond donors (Lipinski definition) is 1. The standard InChI is InChI=1S/C21H21F3N4O.2C2H6/c1-13-10-18-14(12-28(27-18)15-6-3-2-4-7-15)11-17(13)26-20(29)16-8-5-9-19(25-16)21(22,23)24;2*1-2/h5,8-12,15H,2-4,6-7H2,1H3,(H,26,29);2*1-2H3. The van der Waals surface area contributed by atoms with Crippen LogP contribution in [0.5, 0.6) is 0 Å². The zero-order chi connectivity index (χ0) is 24.6. The largest absolute Gasteiger partial charge is 0.433 e. The molecule has 1 aliphatic carbocycles. The van der Waals surface area contributed by atoms with Crippen LogP contribution >= 0.6 is 0 Å². The molecule has 0 saturated heterocycles. The molecule has 0 bridgehead atoms. The third-order valence-electron chi connectivity index (χ3n) is 5.34. The predicted octanol–water partition coefficient (Wildman–Crippen LogP) is 7.57. The Labute approximate surface area is 193 Å². The minimum Gasteiger partial charge on any atom is -0.320 e. The summed E-state index contributed by atoms with van der Waals surface area (Å²) in [5.74, 6) is -0.682. The average molecular weight is 463 g/mol. The molecule has 0 radical (unpaired) electrons. The smallest absolute Gasteiger partial charge is 0.320 e. The van der Waals surface area contributed by atoms with Crippen molar-refractivity contribution in [2.75, 3.05) is 5.32 Å². The second-order valence-electron chi connectivity index (χ2n) is 7.49. The van der Waals surface area contributed by atoms with Gasteiger partial charge in [0.1, 0.15) is 11.4 Å². The summed E-state index contributed by atoms with van der Waals surface area (Å²) in [5.41, 5.74) is 0.781. The number of aryl methyl sites for hydroxylation is 1. The summed E-state index contributed by atoms with van der Waals surface area (Å²) >= 11 is 0. The van der Waals surface area contributed by atoms with Gasteiger partial charge in [0, 0.05) is 17.3 Å². The van der Waals surface area contributed by atoms with Gasteiger partial charge in [-0.2, -0.15) is 18.3 Å². The summed E-state index contributed by atoms with van der Waals surface area (Å²) in [7, 11) is 0. The number of fused-ring (bicyclic) bond motifs is 1. The first-order valence-corrected chi connectivity index (χ1v) is 11.7. The lowest BCUT2D eigenvalue weighted by Gasteiger charge is -2.21. The fourth-order valence-corrected chi connectivity index (χ4v) is 3.77. The maximum absolute atomic E-state index is 12.8. The van der Waals surface area contributed by atoms with Gasteiger partial charge in [-0.1, -0.05) is 53.0 Å². The monoisotopic (exact) mass is 462 g/mol. The van der Waals surface area contributed by atoms with Gasteiger partial charge < -0.3 is 5.32 Å². The van der Waals surface area contributed by atoms with Crippen LogP contribution in [0.25, 0.3) is 10.9 Å². The van der Waals surface area contributed by atoms with E-state index in [9.17, 15) is 18.0 Å². The quantitative estimate of drug-likeness (QED) is 0.437. The van der Waals surface area contributed by atoms with Crippen molar-refractivity contribution in [1.82, 2.24) is 14.8 Å². The Kier molecular flexibility index (Phi) is 9.44. The van der Waals surface area contributed by atoms with E-state index in [0.717, 1.165) is 35.4 Å². The van der Waals surface area contributed by atoms with Crippen LogP contribution in [0, 0.1) is 6.92 Å². The zero-order valence-electron chi connectivity index (χ0n) is 20.0. The van der Waals surface area contributed by atoms with Crippen LogP contribution in [0.1, 0.15) is 87.6 Å². The highest BCUT2D eigenvalue weighted by Crippen LogP contribution is 2.31. The van der Waals surface area contributed by atoms with Crippen LogP contribution in [-0.4, -0.2) is 20.7 Å². The van der Waals surface area contributed by atoms with Gasteiger partial charge in [-0.25, -0.2) is 4.98 Å². The highest BCUT2D eigenvalue weighted by atomic mass is 19.4. The second kappa shape index (κ2) is 11.8. The highest BCUT2D eigenvalue weighted by Gasteiger charge is 2.33. The molecule has 1 aromatic carbocycles. The van der Waals surface area contributed by atoms with E-state index in [1.165, 1.54) is 31.4 Å². The Hall–Kier alpha value is -2.90. The molecule has 0 spiro atoms. The lowest BCUT2D eigenvalue weighted by Crippen LogP contribution is -2.17. The Bertz CT molecular complexity index is 1050. The lowest BCUT2D eigenvalue weighted by molar-refractivity contribution is -0.141. The van der Waals surface area contributed by atoms with Crippen molar-refractivity contribution < 1.29 is 18.0 Å². The molecule has 180 valence electrons. The topological polar surface area (TPSA) is 59.8 Å². The van der Waals surface area contributed by atoms with Crippen LogP contribution in [0.3, 0.4) is 0 Å². The molecule has 2 aromatic heterocycles. The van der Waals surface area contributed by atoms with Gasteiger partial charge in [-0.15, -0.1) is 0 Å². The fourth-order valence-electron chi connectivity index (χ4n) is 3.77. The van der Waals surface area contributed by atoms with Crippen molar-refractivity contribution in [3.8, 4) is 0 Å². The normalized spacial score (nSPS) is 14.1. The van der Waals surface area contributed by atoms with E-state index in [0.29, 0.717) is 11.7 Å². The van der Waals surface area contributed by atoms with Gasteiger partial charge in [0.25, 0.3) is 5.91 Å². The van der Waals surface area contributed by atoms with Crippen molar-refractivity contribution in [2.24, 2.45) is 0 Å². The first-order chi connectivity index (χ1) is 15.8. The number of amides is 1. The van der Waals surface area contributed by atoms with Crippen LogP contribution in [0.4, 0.5) is 18.9 Å². The maximum atomic E-state index is 12.8. The summed E-state index contributed by atoms with van der Waals surface area (Å²) < 4.78 is 40.6. The van der Waals surface area contributed by atoms with Crippen LogP contribution < -0.4 is 5.32 Å². The summed E-state index contributed by atoms with van der Waals surface area (Å²) in [6.07, 6.45) is 3.25. The molecule has 1 saturated carbocycles. The first-order valence-electron chi connectivity index (χ1n) is 11.7. The number of pyridine rings is 1. The molecular weight excluding hydrogens is 429 g/mol. The van der Waals surface area contributed by atoms with E-state index in [1.54, 1.807) is 0 Å². The number of aromatic nitrogens is 3. The van der Waals surface area contributed by atoms with Crippen LogP contribution in [0.2, 0.25) is 0 Å². The van der Waals surface area contributed by atoms with Gasteiger partial charge in [-0.3, -0.25) is 9.48 Å². The molecule has 0 aliphatic heterocycles. The molecule has 1 N–H and O–H groups in total. The summed E-state index contributed by atoms with van der Waals surface area (Å²) in [6.45, 7) is 9.83. The SMILES string of the molecule is CC.CC.Cc1cc2nn(C3CCCCC3)cc2cc1NC(=O)c1cccc(C(F)(F)F)n1. The van der Waals surface area contributed by atoms with E-state index < -0.39 is 17.8 Å². The second-order valence-corrected chi connectivity index (χ2v) is 7.49. The number of nitrogens with one attached hydrogen (secondary N) is 1. The lowest BCUT2D eigenvalue weighted by atomic mass is 9.96. The maximum Gasteiger partial charge on any atom is 0.433 e. The van der Waals surface area contributed by atoms with Crippen molar-refractivity contribution in [3.63, 3.8) is 0 Å². The molecule has 0 unspecified atom stereocenters. The Morgan fingerprint density at radius 3 is 2.36 bits per heavy atom. The number of hydrogen-bond acceptors (Lipinski definition) is 3. The number of alkyl halides is 3. The van der Waals surface area contributed by atoms with Gasteiger partial charge in [-0.05, 0) is 49.6 Å². The molecule has 4 rings (SSSR count). The zero-order valence-corrected chi connectivity index (χ0v) is 20.0. The Balaban J connectivity index is 0.000000914. The molecule has 2 heterocycles. The number of carbonyl (C=O) groups is 1.